The van der Waals surface area contributed by atoms with E-state index in [2.05, 4.69) is 5.32 Å². The Hall–Kier alpha value is -3.85. The molecule has 1 N–H and O–H groups in total. The molecule has 1 fully saturated rings. The van der Waals surface area contributed by atoms with Crippen LogP contribution in [0.3, 0.4) is 0 Å². The number of rotatable bonds is 10. The highest BCUT2D eigenvalue weighted by Crippen LogP contribution is 2.38. The zero-order valence-electron chi connectivity index (χ0n) is 23.8. The summed E-state index contributed by atoms with van der Waals surface area (Å²) in [5.41, 5.74) is 1.19. The van der Waals surface area contributed by atoms with Crippen LogP contribution < -0.4 is 23.8 Å². The van der Waals surface area contributed by atoms with Gasteiger partial charge in [-0.3, -0.25) is 9.10 Å². The van der Waals surface area contributed by atoms with Crippen LogP contribution in [0.1, 0.15) is 5.56 Å². The number of fused-ring (bicyclic) bond motifs is 1. The van der Waals surface area contributed by atoms with E-state index in [9.17, 15) is 21.6 Å². The third-order valence-electron chi connectivity index (χ3n) is 7.03. The van der Waals surface area contributed by atoms with Gasteiger partial charge in [-0.15, -0.1) is 0 Å². The van der Waals surface area contributed by atoms with Crippen molar-refractivity contribution in [2.45, 2.75) is 22.8 Å². The molecule has 43 heavy (non-hydrogen) atoms. The second-order valence-corrected chi connectivity index (χ2v) is 13.7. The molecule has 0 aliphatic carbocycles. The number of carbonyl (C=O) groups excluding carboxylic acids is 1. The molecule has 14 heteroatoms. The topological polar surface area (TPSA) is 141 Å². The molecule has 0 aromatic heterocycles. The first-order valence-corrected chi connectivity index (χ1v) is 16.5. The molecule has 3 aromatic rings. The Morgan fingerprint density at radius 3 is 2.19 bits per heavy atom. The van der Waals surface area contributed by atoms with Crippen LogP contribution in [0, 0.1) is 6.92 Å². The number of methoxy groups -OCH3 is 1. The van der Waals surface area contributed by atoms with Gasteiger partial charge in [-0.1, -0.05) is 6.07 Å². The van der Waals surface area contributed by atoms with Gasteiger partial charge in [-0.2, -0.15) is 4.31 Å². The van der Waals surface area contributed by atoms with E-state index in [-0.39, 0.29) is 35.2 Å². The van der Waals surface area contributed by atoms with Crippen LogP contribution in [-0.2, 0) is 29.6 Å². The number of ether oxygens (including phenoxy) is 4. The highest BCUT2D eigenvalue weighted by Gasteiger charge is 2.37. The van der Waals surface area contributed by atoms with Crippen molar-refractivity contribution < 1.29 is 40.6 Å². The Morgan fingerprint density at radius 2 is 1.53 bits per heavy atom. The molecule has 0 unspecified atom stereocenters. The van der Waals surface area contributed by atoms with Crippen LogP contribution in [0.2, 0.25) is 0 Å². The van der Waals surface area contributed by atoms with Crippen LogP contribution in [0.4, 0.5) is 5.69 Å². The molecule has 1 amide bonds. The standard InChI is InChI=1S/C29H33N3O9S2/c1-21-3-12-26-27(19-21)41-28(20-32(26)43(36,37)25-8-4-22(38-2)5-9-25)29(33)30-13-16-40-23-6-10-24(11-7-23)42(34,35)31-14-17-39-18-15-31/h3-12,19,28H,13-18,20H2,1-2H3,(H,30,33)/t28-/m1/s1. The van der Waals surface area contributed by atoms with Crippen molar-refractivity contribution in [3.8, 4) is 17.2 Å². The van der Waals surface area contributed by atoms with Gasteiger partial charge in [0.05, 0.1) is 48.9 Å². The van der Waals surface area contributed by atoms with Gasteiger partial charge in [0.2, 0.25) is 10.0 Å². The second-order valence-electron chi connectivity index (χ2n) is 9.92. The fourth-order valence-electron chi connectivity index (χ4n) is 4.70. The lowest BCUT2D eigenvalue weighted by Crippen LogP contribution is -2.51. The third kappa shape index (κ3) is 6.72. The first-order valence-electron chi connectivity index (χ1n) is 13.6. The number of nitrogens with one attached hydrogen (secondary N) is 1. The minimum atomic E-state index is -4.02. The highest BCUT2D eigenvalue weighted by molar-refractivity contribution is 7.92. The van der Waals surface area contributed by atoms with E-state index in [1.807, 2.05) is 6.92 Å². The van der Waals surface area contributed by atoms with Crippen molar-refractivity contribution in [3.63, 3.8) is 0 Å². The number of hydrogen-bond acceptors (Lipinski definition) is 9. The number of hydrogen-bond donors (Lipinski definition) is 1. The Kier molecular flexibility index (Phi) is 9.11. The molecule has 2 aliphatic heterocycles. The molecular weight excluding hydrogens is 598 g/mol. The van der Waals surface area contributed by atoms with Gasteiger partial charge >= 0.3 is 0 Å². The van der Waals surface area contributed by atoms with Crippen molar-refractivity contribution >= 4 is 31.6 Å². The monoisotopic (exact) mass is 631 g/mol. The van der Waals surface area contributed by atoms with Gasteiger partial charge in [0, 0.05) is 13.1 Å². The molecule has 230 valence electrons. The number of aryl methyl sites for hydroxylation is 1. The van der Waals surface area contributed by atoms with E-state index in [0.717, 1.165) is 5.56 Å². The highest BCUT2D eigenvalue weighted by atomic mass is 32.2. The van der Waals surface area contributed by atoms with Crippen LogP contribution >= 0.6 is 0 Å². The Morgan fingerprint density at radius 1 is 0.907 bits per heavy atom. The van der Waals surface area contributed by atoms with E-state index < -0.39 is 32.1 Å². The molecule has 3 aromatic carbocycles. The van der Waals surface area contributed by atoms with Crippen LogP contribution in [0.15, 0.2) is 76.5 Å². The molecular formula is C29H33N3O9S2. The van der Waals surface area contributed by atoms with Gasteiger partial charge in [-0.05, 0) is 73.2 Å². The minimum Gasteiger partial charge on any atom is -0.497 e. The van der Waals surface area contributed by atoms with E-state index in [0.29, 0.717) is 43.5 Å². The minimum absolute atomic E-state index is 0.0537. The number of anilines is 1. The lowest BCUT2D eigenvalue weighted by atomic mass is 10.1. The maximum atomic E-state index is 13.6. The van der Waals surface area contributed by atoms with Crippen LogP contribution in [0.25, 0.3) is 0 Å². The smallest absolute Gasteiger partial charge is 0.264 e. The Labute approximate surface area is 251 Å². The zero-order valence-corrected chi connectivity index (χ0v) is 25.4. The van der Waals surface area contributed by atoms with Crippen molar-refractivity contribution in [2.75, 3.05) is 57.4 Å². The number of benzene rings is 3. The molecule has 0 bridgehead atoms. The van der Waals surface area contributed by atoms with Crippen LogP contribution in [0.5, 0.6) is 17.2 Å². The summed E-state index contributed by atoms with van der Waals surface area (Å²) >= 11 is 0. The SMILES string of the molecule is COc1ccc(S(=O)(=O)N2C[C@H](C(=O)NCCOc3ccc(S(=O)(=O)N4CCOCC4)cc3)Oc3cc(C)ccc32)cc1. The molecule has 1 atom stereocenters. The van der Waals surface area contributed by atoms with Crippen molar-refractivity contribution in [1.82, 2.24) is 9.62 Å². The van der Waals surface area contributed by atoms with Gasteiger partial charge in [0.1, 0.15) is 23.9 Å². The number of carbonyl (C=O) groups is 1. The predicted octanol–water partition coefficient (Wildman–Crippen LogP) is 2.18. The van der Waals surface area contributed by atoms with Gasteiger partial charge in [0.25, 0.3) is 15.9 Å². The molecule has 0 radical (unpaired) electrons. The summed E-state index contributed by atoms with van der Waals surface area (Å²) in [6.45, 7) is 3.16. The van der Waals surface area contributed by atoms with E-state index in [1.54, 1.807) is 42.5 Å². The van der Waals surface area contributed by atoms with Crippen molar-refractivity contribution in [2.24, 2.45) is 0 Å². The normalized spacial score (nSPS) is 17.4. The lowest BCUT2D eigenvalue weighted by Gasteiger charge is -2.35. The summed E-state index contributed by atoms with van der Waals surface area (Å²) in [5.74, 6) is 0.736. The van der Waals surface area contributed by atoms with E-state index in [1.165, 1.54) is 40.0 Å². The molecule has 0 spiro atoms. The molecule has 12 nitrogen and oxygen atoms in total. The summed E-state index contributed by atoms with van der Waals surface area (Å²) in [5, 5.41) is 2.73. The van der Waals surface area contributed by atoms with Crippen molar-refractivity contribution in [1.29, 1.82) is 0 Å². The average Bonchev–Trinajstić information content (AvgIpc) is 3.03. The summed E-state index contributed by atoms with van der Waals surface area (Å²) in [7, 11) is -6.14. The fourth-order valence-corrected chi connectivity index (χ4v) is 7.58. The number of amides is 1. The van der Waals surface area contributed by atoms with E-state index >= 15 is 0 Å². The van der Waals surface area contributed by atoms with Gasteiger partial charge < -0.3 is 24.3 Å². The second kappa shape index (κ2) is 12.8. The first-order chi connectivity index (χ1) is 20.6. The predicted molar refractivity (Wildman–Crippen MR) is 158 cm³/mol. The van der Waals surface area contributed by atoms with Crippen LogP contribution in [-0.4, -0.2) is 86.3 Å². The summed E-state index contributed by atoms with van der Waals surface area (Å²) in [6, 6.07) is 17.2. The maximum Gasteiger partial charge on any atom is 0.264 e. The number of sulfonamides is 2. The van der Waals surface area contributed by atoms with E-state index in [4.69, 9.17) is 18.9 Å². The largest absolute Gasteiger partial charge is 0.497 e. The molecule has 0 saturated carbocycles. The molecule has 2 aliphatic rings. The van der Waals surface area contributed by atoms with Gasteiger partial charge in [0.15, 0.2) is 6.10 Å². The summed E-state index contributed by atoms with van der Waals surface area (Å²) in [4.78, 5) is 13.3. The summed E-state index contributed by atoms with van der Waals surface area (Å²) < 4.78 is 77.4. The maximum absolute atomic E-state index is 13.6. The Bertz CT molecular complexity index is 1660. The first kappa shape index (κ1) is 30.6. The summed E-state index contributed by atoms with van der Waals surface area (Å²) in [6.07, 6.45) is -1.10. The fraction of sp³-hybridized carbons (Fsp3) is 0.345. The number of nitrogens with zero attached hydrogens (tertiary/aromatic N) is 2. The third-order valence-corrected chi connectivity index (χ3v) is 10.7. The molecule has 2 heterocycles. The molecule has 1 saturated heterocycles. The quantitative estimate of drug-likeness (QED) is 0.334. The average molecular weight is 632 g/mol. The van der Waals surface area contributed by atoms with Gasteiger partial charge in [-0.25, -0.2) is 16.8 Å². The zero-order chi connectivity index (χ0) is 30.6. The lowest BCUT2D eigenvalue weighted by molar-refractivity contribution is -0.127. The molecule has 5 rings (SSSR count). The van der Waals surface area contributed by atoms with Crippen molar-refractivity contribution in [3.05, 3.63) is 72.3 Å². The Balaban J connectivity index is 1.21. The number of morpholine rings is 1.